The van der Waals surface area contributed by atoms with E-state index in [9.17, 15) is 13.8 Å². The van der Waals surface area contributed by atoms with Gasteiger partial charge in [0.15, 0.2) is 9.92 Å². The average Bonchev–Trinajstić information content (AvgIpc) is 3.39. The predicted octanol–water partition coefficient (Wildman–Crippen LogP) is 3.63. The van der Waals surface area contributed by atoms with Crippen LogP contribution in [-0.4, -0.2) is 28.2 Å². The normalized spacial score (nSPS) is 25.3. The number of nitrogens with zero attached hydrogens (tertiary/aromatic N) is 2. The zero-order valence-electron chi connectivity index (χ0n) is 16.0. The molecule has 0 saturated carbocycles. The summed E-state index contributed by atoms with van der Waals surface area (Å²) in [7, 11) is -1.59. The van der Waals surface area contributed by atoms with Crippen molar-refractivity contribution >= 4 is 27.7 Å². The molecule has 3 aliphatic carbocycles. The minimum Gasteiger partial charge on any atom is -0.305 e. The number of hydrogen-bond acceptors (Lipinski definition) is 3. The molecule has 0 spiro atoms. The standard InChI is InChI=1S/C20H24N4O3S/c1-24-16-9-4-10-17(16)28(27,23-20(24)26)22-19(25)21-18-14-7-2-5-12(14)11-13-6-3-8-15(13)18/h11H,2-10H2,1H3,(H2,21,22,23,25,26,27). The van der Waals surface area contributed by atoms with Crippen molar-refractivity contribution in [2.24, 2.45) is 4.36 Å². The number of hydrogen-bond donors (Lipinski definition) is 2. The van der Waals surface area contributed by atoms with Gasteiger partial charge in [0.2, 0.25) is 0 Å². The van der Waals surface area contributed by atoms with Gasteiger partial charge in [-0.15, -0.1) is 4.36 Å². The molecule has 2 N–H and O–H groups in total. The first kappa shape index (κ1) is 17.7. The van der Waals surface area contributed by atoms with Gasteiger partial charge >= 0.3 is 12.1 Å². The van der Waals surface area contributed by atoms with Gasteiger partial charge in [0.05, 0.1) is 4.91 Å². The number of carbonyl (C=O) groups is 2. The first-order valence-electron chi connectivity index (χ1n) is 9.98. The Labute approximate surface area is 164 Å². The van der Waals surface area contributed by atoms with Crippen LogP contribution in [0.25, 0.3) is 0 Å². The van der Waals surface area contributed by atoms with Crippen molar-refractivity contribution in [1.82, 2.24) is 9.62 Å². The molecule has 1 atom stereocenters. The van der Waals surface area contributed by atoms with Crippen LogP contribution in [0.15, 0.2) is 21.0 Å². The third-order valence-corrected chi connectivity index (χ3v) is 8.31. The number of rotatable bonds is 1. The molecule has 0 bridgehead atoms. The van der Waals surface area contributed by atoms with Crippen molar-refractivity contribution < 1.29 is 13.8 Å². The van der Waals surface area contributed by atoms with E-state index in [1.807, 2.05) is 0 Å². The summed E-state index contributed by atoms with van der Waals surface area (Å²) in [6.07, 6.45) is 8.25. The van der Waals surface area contributed by atoms with Crippen LogP contribution in [0.5, 0.6) is 0 Å². The van der Waals surface area contributed by atoms with E-state index in [0.717, 1.165) is 56.3 Å². The maximum absolute atomic E-state index is 13.4. The highest BCUT2D eigenvalue weighted by molar-refractivity contribution is 7.96. The molecule has 28 heavy (non-hydrogen) atoms. The van der Waals surface area contributed by atoms with E-state index < -0.39 is 22.0 Å². The summed E-state index contributed by atoms with van der Waals surface area (Å²) in [6, 6.07) is 1.19. The molecule has 5 rings (SSSR count). The maximum atomic E-state index is 13.4. The molecule has 1 unspecified atom stereocenters. The highest BCUT2D eigenvalue weighted by Gasteiger charge is 2.36. The molecular formula is C20H24N4O3S. The summed E-state index contributed by atoms with van der Waals surface area (Å²) in [5.74, 6) is 0. The van der Waals surface area contributed by atoms with Crippen LogP contribution in [0, 0.1) is 0 Å². The Balaban J connectivity index is 1.53. The average molecular weight is 401 g/mol. The number of fused-ring (bicyclic) bond motifs is 2. The summed E-state index contributed by atoms with van der Waals surface area (Å²) < 4.78 is 19.9. The molecule has 0 saturated heterocycles. The van der Waals surface area contributed by atoms with Crippen LogP contribution in [0.1, 0.15) is 54.4 Å². The van der Waals surface area contributed by atoms with Gasteiger partial charge in [0.25, 0.3) is 0 Å². The number of urea groups is 2. The quantitative estimate of drug-likeness (QED) is 0.754. The molecular weight excluding hydrogens is 376 g/mol. The Kier molecular flexibility index (Phi) is 4.01. The molecule has 4 aliphatic rings. The first-order valence-corrected chi connectivity index (χ1v) is 11.5. The zero-order valence-corrected chi connectivity index (χ0v) is 16.8. The van der Waals surface area contributed by atoms with Gasteiger partial charge in [-0.1, -0.05) is 6.07 Å². The minimum absolute atomic E-state index is 0.469. The third kappa shape index (κ3) is 2.65. The SMILES string of the molecule is CN1C(=O)NS(=O)(=NC(=O)Nc2c3c(cc4c2CCC4)CCC3)C2=C1CCC2. The van der Waals surface area contributed by atoms with Crippen LogP contribution < -0.4 is 10.0 Å². The Morgan fingerprint density at radius 2 is 1.71 bits per heavy atom. The van der Waals surface area contributed by atoms with Crippen LogP contribution in [0.3, 0.4) is 0 Å². The molecule has 4 amide bonds. The number of nitrogens with one attached hydrogen (secondary N) is 2. The summed E-state index contributed by atoms with van der Waals surface area (Å²) in [6.45, 7) is 0. The molecule has 7 nitrogen and oxygen atoms in total. The number of aryl methyl sites for hydroxylation is 2. The van der Waals surface area contributed by atoms with E-state index >= 15 is 0 Å². The van der Waals surface area contributed by atoms with Crippen molar-refractivity contribution in [3.8, 4) is 0 Å². The topological polar surface area (TPSA) is 90.9 Å². The van der Waals surface area contributed by atoms with Crippen molar-refractivity contribution in [3.05, 3.63) is 38.9 Å². The largest absolute Gasteiger partial charge is 0.355 e. The molecule has 1 aromatic carbocycles. The van der Waals surface area contributed by atoms with Gasteiger partial charge in [0.1, 0.15) is 0 Å². The highest BCUT2D eigenvalue weighted by atomic mass is 32.2. The summed E-state index contributed by atoms with van der Waals surface area (Å²) in [4.78, 5) is 27.1. The lowest BCUT2D eigenvalue weighted by Gasteiger charge is -2.28. The molecule has 0 radical (unpaired) electrons. The molecule has 1 aliphatic heterocycles. The van der Waals surface area contributed by atoms with Crippen molar-refractivity contribution in [2.45, 2.75) is 57.8 Å². The smallest absolute Gasteiger partial charge is 0.305 e. The second-order valence-corrected chi connectivity index (χ2v) is 9.90. The summed E-state index contributed by atoms with van der Waals surface area (Å²) in [5.41, 5.74) is 6.65. The predicted molar refractivity (Wildman–Crippen MR) is 107 cm³/mol. The van der Waals surface area contributed by atoms with Crippen LogP contribution in [0.2, 0.25) is 0 Å². The van der Waals surface area contributed by atoms with Gasteiger partial charge in [0, 0.05) is 18.4 Å². The van der Waals surface area contributed by atoms with Crippen molar-refractivity contribution in [3.63, 3.8) is 0 Å². The molecule has 1 aromatic rings. The monoisotopic (exact) mass is 400 g/mol. The zero-order chi connectivity index (χ0) is 19.5. The second kappa shape index (κ2) is 6.34. The number of benzene rings is 1. The lowest BCUT2D eigenvalue weighted by atomic mass is 9.99. The molecule has 0 fully saturated rings. The Bertz CT molecular complexity index is 1030. The fourth-order valence-corrected chi connectivity index (χ4v) is 6.93. The minimum atomic E-state index is -3.25. The van der Waals surface area contributed by atoms with E-state index in [1.165, 1.54) is 27.2 Å². The Morgan fingerprint density at radius 1 is 1.07 bits per heavy atom. The molecule has 1 heterocycles. The summed E-state index contributed by atoms with van der Waals surface area (Å²) >= 11 is 0. The van der Waals surface area contributed by atoms with E-state index in [2.05, 4.69) is 20.5 Å². The van der Waals surface area contributed by atoms with Gasteiger partial charge < -0.3 is 5.32 Å². The number of amides is 4. The van der Waals surface area contributed by atoms with Gasteiger partial charge in [-0.25, -0.2) is 18.5 Å². The molecule has 8 heteroatoms. The number of allylic oxidation sites excluding steroid dienone is 2. The lowest BCUT2D eigenvalue weighted by molar-refractivity contribution is 0.223. The van der Waals surface area contributed by atoms with Crippen molar-refractivity contribution in [2.75, 3.05) is 12.4 Å². The van der Waals surface area contributed by atoms with Gasteiger partial charge in [-0.2, -0.15) is 0 Å². The lowest BCUT2D eigenvalue weighted by Crippen LogP contribution is -2.45. The van der Waals surface area contributed by atoms with E-state index in [0.29, 0.717) is 17.7 Å². The first-order chi connectivity index (χ1) is 13.5. The summed E-state index contributed by atoms with van der Waals surface area (Å²) in [5, 5.41) is 2.95. The fraction of sp³-hybridized carbons (Fsp3) is 0.500. The van der Waals surface area contributed by atoms with Gasteiger partial charge in [-0.3, -0.25) is 4.90 Å². The molecule has 0 aromatic heterocycles. The number of carbonyl (C=O) groups excluding carboxylic acids is 2. The molecule has 148 valence electrons. The van der Waals surface area contributed by atoms with Crippen molar-refractivity contribution in [1.29, 1.82) is 0 Å². The van der Waals surface area contributed by atoms with E-state index in [-0.39, 0.29) is 0 Å². The second-order valence-electron chi connectivity index (χ2n) is 7.97. The highest BCUT2D eigenvalue weighted by Crippen LogP contribution is 2.39. The maximum Gasteiger partial charge on any atom is 0.355 e. The van der Waals surface area contributed by atoms with Crippen LogP contribution >= 0.6 is 0 Å². The van der Waals surface area contributed by atoms with E-state index in [4.69, 9.17) is 0 Å². The van der Waals surface area contributed by atoms with Crippen LogP contribution in [-0.2, 0) is 35.6 Å². The number of anilines is 1. The third-order valence-electron chi connectivity index (χ3n) is 6.32. The fourth-order valence-electron chi connectivity index (χ4n) is 5.02. The Hall–Kier alpha value is -2.35. The Morgan fingerprint density at radius 3 is 2.39 bits per heavy atom. The van der Waals surface area contributed by atoms with Gasteiger partial charge in [-0.05, 0) is 80.0 Å². The van der Waals surface area contributed by atoms with E-state index in [1.54, 1.807) is 7.05 Å². The van der Waals surface area contributed by atoms with Crippen LogP contribution in [0.4, 0.5) is 15.3 Å².